The molecule has 0 bridgehead atoms. The van der Waals surface area contributed by atoms with Gasteiger partial charge in [-0.1, -0.05) is 45.0 Å². The molecule has 0 amide bonds. The number of hydrogen-bond donors (Lipinski definition) is 1. The first-order valence-corrected chi connectivity index (χ1v) is 6.99. The first-order chi connectivity index (χ1) is 9.85. The minimum atomic E-state index is -1.05. The summed E-state index contributed by atoms with van der Waals surface area (Å²) in [6.07, 6.45) is 1.01. The Bertz CT molecular complexity index is 657. The molecule has 2 aromatic rings. The van der Waals surface area contributed by atoms with Crippen molar-refractivity contribution in [1.82, 2.24) is 0 Å². The Balaban J connectivity index is 2.49. The van der Waals surface area contributed by atoms with Crippen LogP contribution in [0.3, 0.4) is 0 Å². The van der Waals surface area contributed by atoms with E-state index in [1.165, 1.54) is 23.8 Å². The lowest BCUT2D eigenvalue weighted by Gasteiger charge is -2.23. The van der Waals surface area contributed by atoms with Crippen molar-refractivity contribution >= 4 is 5.97 Å². The molecule has 1 N–H and O–H groups in total. The zero-order valence-electron chi connectivity index (χ0n) is 12.5. The normalized spacial score (nSPS) is 11.4. The van der Waals surface area contributed by atoms with Gasteiger partial charge in [0.1, 0.15) is 5.82 Å². The summed E-state index contributed by atoms with van der Waals surface area (Å²) in [5.74, 6) is -1.49. The van der Waals surface area contributed by atoms with E-state index >= 15 is 0 Å². The van der Waals surface area contributed by atoms with Gasteiger partial charge >= 0.3 is 5.97 Å². The molecule has 2 nitrogen and oxygen atoms in total. The Labute approximate surface area is 124 Å². The highest BCUT2D eigenvalue weighted by Crippen LogP contribution is 2.30. The smallest absolute Gasteiger partial charge is 0.336 e. The lowest BCUT2D eigenvalue weighted by Crippen LogP contribution is -2.15. The molecule has 3 heteroatoms. The van der Waals surface area contributed by atoms with Gasteiger partial charge in [-0.3, -0.25) is 0 Å². The highest BCUT2D eigenvalue weighted by Gasteiger charge is 2.18. The minimum absolute atomic E-state index is 0.0656. The molecule has 0 radical (unpaired) electrons. The maximum absolute atomic E-state index is 13.4. The second-order valence-electron chi connectivity index (χ2n) is 5.81. The van der Waals surface area contributed by atoms with Crippen molar-refractivity contribution in [1.29, 1.82) is 0 Å². The fourth-order valence-electron chi connectivity index (χ4n) is 2.25. The molecule has 2 rings (SSSR count). The lowest BCUT2D eigenvalue weighted by atomic mass is 9.81. The first-order valence-electron chi connectivity index (χ1n) is 6.99. The molecule has 0 atom stereocenters. The van der Waals surface area contributed by atoms with Gasteiger partial charge in [-0.15, -0.1) is 0 Å². The molecule has 0 aliphatic rings. The number of carbonyl (C=O) groups is 1. The van der Waals surface area contributed by atoms with Crippen LogP contribution in [0.2, 0.25) is 0 Å². The van der Waals surface area contributed by atoms with E-state index in [1.54, 1.807) is 0 Å². The molecular weight excluding hydrogens is 267 g/mol. The molecule has 0 heterocycles. The third-order valence-corrected chi connectivity index (χ3v) is 4.07. The second kappa shape index (κ2) is 5.68. The lowest BCUT2D eigenvalue weighted by molar-refractivity contribution is 0.0697. The van der Waals surface area contributed by atoms with Crippen LogP contribution in [0.25, 0.3) is 11.1 Å². The number of rotatable bonds is 4. The van der Waals surface area contributed by atoms with E-state index in [0.717, 1.165) is 6.42 Å². The van der Waals surface area contributed by atoms with Gasteiger partial charge in [-0.25, -0.2) is 9.18 Å². The van der Waals surface area contributed by atoms with E-state index in [9.17, 15) is 14.3 Å². The SMILES string of the molecule is CCC(C)(C)c1ccc(-c2cc(F)ccc2C(=O)O)cc1. The van der Waals surface area contributed by atoms with Crippen molar-refractivity contribution < 1.29 is 14.3 Å². The standard InChI is InChI=1S/C18H19FO2/c1-4-18(2,3)13-7-5-12(6-8-13)16-11-14(19)9-10-15(16)17(20)21/h5-11H,4H2,1-3H3,(H,20,21). The topological polar surface area (TPSA) is 37.3 Å². The summed E-state index contributed by atoms with van der Waals surface area (Å²) in [4.78, 5) is 11.3. The van der Waals surface area contributed by atoms with Crippen LogP contribution in [-0.2, 0) is 5.41 Å². The summed E-state index contributed by atoms with van der Waals surface area (Å²) in [7, 11) is 0. The van der Waals surface area contributed by atoms with Crippen LogP contribution in [0, 0.1) is 5.82 Å². The Morgan fingerprint density at radius 2 is 1.76 bits per heavy atom. The summed E-state index contributed by atoms with van der Waals surface area (Å²) in [6, 6.07) is 11.4. The Kier molecular flexibility index (Phi) is 4.12. The Hall–Kier alpha value is -2.16. The zero-order valence-corrected chi connectivity index (χ0v) is 12.5. The van der Waals surface area contributed by atoms with Crippen molar-refractivity contribution in [2.75, 3.05) is 0 Å². The van der Waals surface area contributed by atoms with E-state index in [4.69, 9.17) is 0 Å². The van der Waals surface area contributed by atoms with Crippen LogP contribution in [0.15, 0.2) is 42.5 Å². The Morgan fingerprint density at radius 1 is 1.14 bits per heavy atom. The van der Waals surface area contributed by atoms with Crippen molar-refractivity contribution in [3.05, 3.63) is 59.4 Å². The molecule has 110 valence electrons. The molecule has 2 aromatic carbocycles. The van der Waals surface area contributed by atoms with Gasteiger partial charge < -0.3 is 5.11 Å². The van der Waals surface area contributed by atoms with Crippen molar-refractivity contribution in [2.24, 2.45) is 0 Å². The van der Waals surface area contributed by atoms with E-state index < -0.39 is 11.8 Å². The summed E-state index contributed by atoms with van der Waals surface area (Å²) in [5, 5.41) is 9.22. The van der Waals surface area contributed by atoms with Crippen LogP contribution in [-0.4, -0.2) is 11.1 Å². The maximum Gasteiger partial charge on any atom is 0.336 e. The number of aromatic carboxylic acids is 1. The predicted octanol–water partition coefficient (Wildman–Crippen LogP) is 4.88. The van der Waals surface area contributed by atoms with Crippen molar-refractivity contribution in [3.8, 4) is 11.1 Å². The highest BCUT2D eigenvalue weighted by atomic mass is 19.1. The van der Waals surface area contributed by atoms with Crippen LogP contribution in [0.5, 0.6) is 0 Å². The molecule has 0 aromatic heterocycles. The molecule has 0 aliphatic carbocycles. The molecule has 0 unspecified atom stereocenters. The summed E-state index contributed by atoms with van der Waals surface area (Å²) in [5.41, 5.74) is 2.47. The van der Waals surface area contributed by atoms with Gasteiger partial charge in [0, 0.05) is 0 Å². The van der Waals surface area contributed by atoms with Crippen LogP contribution in [0.1, 0.15) is 43.1 Å². The number of carboxylic acid groups (broad SMARTS) is 1. The summed E-state index contributed by atoms with van der Waals surface area (Å²) < 4.78 is 13.4. The van der Waals surface area contributed by atoms with Gasteiger partial charge in [0.25, 0.3) is 0 Å². The second-order valence-corrected chi connectivity index (χ2v) is 5.81. The molecular formula is C18H19FO2. The van der Waals surface area contributed by atoms with Gasteiger partial charge in [0.05, 0.1) is 5.56 Å². The minimum Gasteiger partial charge on any atom is -0.478 e. The van der Waals surface area contributed by atoms with Gasteiger partial charge in [0.2, 0.25) is 0 Å². The number of benzene rings is 2. The van der Waals surface area contributed by atoms with E-state index in [2.05, 4.69) is 20.8 Å². The van der Waals surface area contributed by atoms with Crippen LogP contribution >= 0.6 is 0 Å². The molecule has 0 saturated heterocycles. The van der Waals surface area contributed by atoms with Crippen molar-refractivity contribution in [3.63, 3.8) is 0 Å². The van der Waals surface area contributed by atoms with Gasteiger partial charge in [-0.05, 0) is 46.7 Å². The van der Waals surface area contributed by atoms with Gasteiger partial charge in [0.15, 0.2) is 0 Å². The zero-order chi connectivity index (χ0) is 15.6. The molecule has 21 heavy (non-hydrogen) atoms. The fourth-order valence-corrected chi connectivity index (χ4v) is 2.25. The molecule has 0 spiro atoms. The largest absolute Gasteiger partial charge is 0.478 e. The van der Waals surface area contributed by atoms with Crippen LogP contribution in [0.4, 0.5) is 4.39 Å². The molecule has 0 aliphatic heterocycles. The van der Waals surface area contributed by atoms with Crippen LogP contribution < -0.4 is 0 Å². The van der Waals surface area contributed by atoms with Crippen molar-refractivity contribution in [2.45, 2.75) is 32.6 Å². The summed E-state index contributed by atoms with van der Waals surface area (Å²) >= 11 is 0. The summed E-state index contributed by atoms with van der Waals surface area (Å²) in [6.45, 7) is 6.45. The fraction of sp³-hybridized carbons (Fsp3) is 0.278. The third kappa shape index (κ3) is 3.13. The predicted molar refractivity (Wildman–Crippen MR) is 82.1 cm³/mol. The third-order valence-electron chi connectivity index (χ3n) is 4.07. The van der Waals surface area contributed by atoms with E-state index in [1.807, 2.05) is 24.3 Å². The number of halogens is 1. The monoisotopic (exact) mass is 286 g/mol. The maximum atomic E-state index is 13.4. The van der Waals surface area contributed by atoms with E-state index in [0.29, 0.717) is 11.1 Å². The Morgan fingerprint density at radius 3 is 2.29 bits per heavy atom. The van der Waals surface area contributed by atoms with E-state index in [-0.39, 0.29) is 11.0 Å². The quantitative estimate of drug-likeness (QED) is 0.869. The number of carboxylic acids is 1. The number of hydrogen-bond acceptors (Lipinski definition) is 1. The average molecular weight is 286 g/mol. The first kappa shape index (κ1) is 15.2. The molecule has 0 saturated carbocycles. The highest BCUT2D eigenvalue weighted by molar-refractivity contribution is 5.96. The van der Waals surface area contributed by atoms with Gasteiger partial charge in [-0.2, -0.15) is 0 Å². The molecule has 0 fully saturated rings. The average Bonchev–Trinajstić information content (AvgIpc) is 2.47.